The van der Waals surface area contributed by atoms with Gasteiger partial charge in [-0.15, -0.1) is 11.8 Å². The molecule has 2 heterocycles. The number of nitrogens with zero attached hydrogens (tertiary/aromatic N) is 2. The van der Waals surface area contributed by atoms with Gasteiger partial charge in [-0.05, 0) is 29.3 Å². The number of hydrogen-bond donors (Lipinski definition) is 1. The Kier molecular flexibility index (Phi) is 6.12. The number of aromatic nitrogens is 1. The normalized spacial score (nSPS) is 17.7. The molecule has 1 N–H and O–H groups in total. The van der Waals surface area contributed by atoms with E-state index in [9.17, 15) is 4.79 Å². The highest BCUT2D eigenvalue weighted by atomic mass is 35.5. The molecule has 1 aliphatic heterocycles. The lowest BCUT2D eigenvalue weighted by Crippen LogP contribution is -2.49. The Morgan fingerprint density at radius 3 is 3.08 bits per heavy atom. The Morgan fingerprint density at radius 1 is 1.38 bits per heavy atom. The molecule has 6 heteroatoms. The van der Waals surface area contributed by atoms with Crippen molar-refractivity contribution in [2.24, 2.45) is 0 Å². The number of thioether (sulfide) groups is 1. The van der Waals surface area contributed by atoms with E-state index in [1.165, 1.54) is 0 Å². The second-order valence-corrected chi connectivity index (χ2v) is 7.14. The van der Waals surface area contributed by atoms with Crippen LogP contribution in [0.25, 0.3) is 0 Å². The highest BCUT2D eigenvalue weighted by Gasteiger charge is 2.27. The van der Waals surface area contributed by atoms with Gasteiger partial charge in [-0.3, -0.25) is 9.78 Å². The molecule has 3 rings (SSSR count). The van der Waals surface area contributed by atoms with Crippen LogP contribution in [0.5, 0.6) is 0 Å². The number of nitrogens with one attached hydrogen (secondary N) is 1. The third-order valence-corrected chi connectivity index (χ3v) is 5.24. The average Bonchev–Trinajstić information content (AvgIpc) is 2.62. The highest BCUT2D eigenvalue weighted by molar-refractivity contribution is 7.99. The number of carbonyl (C=O) groups excluding carboxylic acids is 1. The van der Waals surface area contributed by atoms with Gasteiger partial charge in [0.05, 0.1) is 11.8 Å². The molecule has 1 aromatic carbocycles. The van der Waals surface area contributed by atoms with Crippen molar-refractivity contribution in [2.75, 3.05) is 25.4 Å². The number of benzene rings is 1. The third-order valence-electron chi connectivity index (χ3n) is 4.02. The summed E-state index contributed by atoms with van der Waals surface area (Å²) in [6, 6.07) is 11.8. The first kappa shape index (κ1) is 17.3. The van der Waals surface area contributed by atoms with Crippen molar-refractivity contribution in [1.82, 2.24) is 15.2 Å². The Hall–Kier alpha value is -1.56. The standard InChI is InChI=1S/C18H20ClN3OS/c19-16-5-1-3-14(9-16)12-24-13-18(23)22-8-7-21-11-17(22)15-4-2-6-20-10-15/h1-6,9-10,17,21H,7-8,11-13H2. The number of rotatable bonds is 5. The van der Waals surface area contributed by atoms with Crippen LogP contribution in [0, 0.1) is 0 Å². The first-order valence-corrected chi connectivity index (χ1v) is 9.49. The summed E-state index contributed by atoms with van der Waals surface area (Å²) in [6.07, 6.45) is 3.60. The molecule has 4 nitrogen and oxygen atoms in total. The average molecular weight is 362 g/mol. The van der Waals surface area contributed by atoms with Gasteiger partial charge < -0.3 is 10.2 Å². The van der Waals surface area contributed by atoms with Crippen LogP contribution in [-0.4, -0.2) is 41.2 Å². The van der Waals surface area contributed by atoms with Gasteiger partial charge in [-0.2, -0.15) is 0 Å². The van der Waals surface area contributed by atoms with Crippen molar-refractivity contribution in [3.05, 3.63) is 64.9 Å². The maximum atomic E-state index is 12.7. The number of carbonyl (C=O) groups is 1. The molecule has 0 saturated carbocycles. The maximum Gasteiger partial charge on any atom is 0.233 e. The smallest absolute Gasteiger partial charge is 0.233 e. The summed E-state index contributed by atoms with van der Waals surface area (Å²) in [4.78, 5) is 18.8. The number of halogens is 1. The first-order chi connectivity index (χ1) is 11.7. The van der Waals surface area contributed by atoms with E-state index in [1.54, 1.807) is 18.0 Å². The maximum absolute atomic E-state index is 12.7. The number of piperazine rings is 1. The van der Waals surface area contributed by atoms with Gasteiger partial charge in [0.1, 0.15) is 0 Å². The van der Waals surface area contributed by atoms with Gasteiger partial charge in [-0.25, -0.2) is 0 Å². The monoisotopic (exact) mass is 361 g/mol. The number of pyridine rings is 1. The summed E-state index contributed by atoms with van der Waals surface area (Å²) in [6.45, 7) is 2.34. The molecule has 1 aromatic heterocycles. The summed E-state index contributed by atoms with van der Waals surface area (Å²) in [7, 11) is 0. The Labute approximate surface area is 151 Å². The van der Waals surface area contributed by atoms with Gasteiger partial charge >= 0.3 is 0 Å². The molecule has 0 radical (unpaired) electrons. The second kappa shape index (κ2) is 8.51. The molecule has 126 valence electrons. The van der Waals surface area contributed by atoms with Gasteiger partial charge in [0, 0.05) is 42.8 Å². The van der Waals surface area contributed by atoms with Crippen molar-refractivity contribution in [1.29, 1.82) is 0 Å². The van der Waals surface area contributed by atoms with Crippen molar-refractivity contribution >= 4 is 29.3 Å². The fourth-order valence-corrected chi connectivity index (χ4v) is 3.91. The summed E-state index contributed by atoms with van der Waals surface area (Å²) in [5, 5.41) is 4.10. The van der Waals surface area contributed by atoms with Gasteiger partial charge in [0.15, 0.2) is 0 Å². The lowest BCUT2D eigenvalue weighted by molar-refractivity contribution is -0.131. The number of hydrogen-bond acceptors (Lipinski definition) is 4. The molecule has 1 fully saturated rings. The van der Waals surface area contributed by atoms with Gasteiger partial charge in [-0.1, -0.05) is 29.8 Å². The lowest BCUT2D eigenvalue weighted by atomic mass is 10.1. The summed E-state index contributed by atoms with van der Waals surface area (Å²) in [5.41, 5.74) is 2.22. The highest BCUT2D eigenvalue weighted by Crippen LogP contribution is 2.23. The molecule has 1 amide bonds. The molecular formula is C18H20ClN3OS. The van der Waals surface area contributed by atoms with E-state index in [1.807, 2.05) is 47.5 Å². The van der Waals surface area contributed by atoms with Crippen molar-refractivity contribution in [3.63, 3.8) is 0 Å². The van der Waals surface area contributed by atoms with Crippen molar-refractivity contribution in [2.45, 2.75) is 11.8 Å². The van der Waals surface area contributed by atoms with Crippen LogP contribution in [0.1, 0.15) is 17.2 Å². The predicted molar refractivity (Wildman–Crippen MR) is 99.2 cm³/mol. The van der Waals surface area contributed by atoms with Crippen LogP contribution in [-0.2, 0) is 10.5 Å². The molecule has 1 unspecified atom stereocenters. The largest absolute Gasteiger partial charge is 0.332 e. The van der Waals surface area contributed by atoms with Crippen LogP contribution in [0.3, 0.4) is 0 Å². The zero-order valence-electron chi connectivity index (χ0n) is 13.3. The molecule has 1 saturated heterocycles. The molecule has 0 spiro atoms. The minimum absolute atomic E-state index is 0.0618. The van der Waals surface area contributed by atoms with Crippen LogP contribution in [0.4, 0.5) is 0 Å². The number of amides is 1. The fourth-order valence-electron chi connectivity index (χ4n) is 2.84. The van der Waals surface area contributed by atoms with Crippen LogP contribution in [0.2, 0.25) is 5.02 Å². The van der Waals surface area contributed by atoms with E-state index < -0.39 is 0 Å². The van der Waals surface area contributed by atoms with Crippen molar-refractivity contribution in [3.8, 4) is 0 Å². The Morgan fingerprint density at radius 2 is 2.29 bits per heavy atom. The van der Waals surface area contributed by atoms with Crippen LogP contribution < -0.4 is 5.32 Å². The van der Waals surface area contributed by atoms with E-state index >= 15 is 0 Å². The zero-order valence-corrected chi connectivity index (χ0v) is 14.9. The van der Waals surface area contributed by atoms with E-state index in [0.29, 0.717) is 5.75 Å². The van der Waals surface area contributed by atoms with Gasteiger partial charge in [0.2, 0.25) is 5.91 Å². The van der Waals surface area contributed by atoms with Crippen molar-refractivity contribution < 1.29 is 4.79 Å². The molecule has 0 bridgehead atoms. The summed E-state index contributed by atoms with van der Waals surface area (Å²) >= 11 is 7.63. The molecular weight excluding hydrogens is 342 g/mol. The summed E-state index contributed by atoms with van der Waals surface area (Å²) in [5.74, 6) is 1.44. The van der Waals surface area contributed by atoms with E-state index in [2.05, 4.69) is 10.3 Å². The molecule has 2 aromatic rings. The predicted octanol–water partition coefficient (Wildman–Crippen LogP) is 3.14. The zero-order chi connectivity index (χ0) is 16.8. The summed E-state index contributed by atoms with van der Waals surface area (Å²) < 4.78 is 0. The second-order valence-electron chi connectivity index (χ2n) is 5.72. The van der Waals surface area contributed by atoms with E-state index in [-0.39, 0.29) is 11.9 Å². The minimum Gasteiger partial charge on any atom is -0.332 e. The lowest BCUT2D eigenvalue weighted by Gasteiger charge is -2.36. The van der Waals surface area contributed by atoms with E-state index in [0.717, 1.165) is 41.5 Å². The first-order valence-electron chi connectivity index (χ1n) is 7.96. The quantitative estimate of drug-likeness (QED) is 0.888. The van der Waals surface area contributed by atoms with Crippen LogP contribution >= 0.6 is 23.4 Å². The Balaban J connectivity index is 1.58. The Bertz CT molecular complexity index is 683. The van der Waals surface area contributed by atoms with E-state index in [4.69, 9.17) is 11.6 Å². The molecule has 1 atom stereocenters. The van der Waals surface area contributed by atoms with Crippen LogP contribution in [0.15, 0.2) is 48.8 Å². The SMILES string of the molecule is O=C(CSCc1cccc(Cl)c1)N1CCNCC1c1cccnc1. The topological polar surface area (TPSA) is 45.2 Å². The van der Waals surface area contributed by atoms with Gasteiger partial charge in [0.25, 0.3) is 0 Å². The molecule has 0 aliphatic carbocycles. The fraction of sp³-hybridized carbons (Fsp3) is 0.333. The minimum atomic E-state index is 0.0618. The molecule has 24 heavy (non-hydrogen) atoms. The molecule has 1 aliphatic rings. The third kappa shape index (κ3) is 4.50.